The fraction of sp³-hybridized carbons (Fsp3) is 0.500. The molecule has 142 valence electrons. The molecule has 0 saturated heterocycles. The molecule has 0 N–H and O–H groups in total. The van der Waals surface area contributed by atoms with Gasteiger partial charge in [0.1, 0.15) is 12.1 Å². The van der Waals surface area contributed by atoms with Crippen LogP contribution in [0.4, 0.5) is 0 Å². The van der Waals surface area contributed by atoms with Gasteiger partial charge in [0.05, 0.1) is 5.54 Å². The Morgan fingerprint density at radius 3 is 2.04 bits per heavy atom. The highest BCUT2D eigenvalue weighted by Gasteiger charge is 2.45. The highest BCUT2D eigenvalue weighted by Crippen LogP contribution is 2.52. The molecule has 2 aromatic rings. The molecule has 1 aliphatic carbocycles. The van der Waals surface area contributed by atoms with Crippen LogP contribution in [-0.4, -0.2) is 10.5 Å². The molecule has 0 radical (unpaired) electrons. The second-order valence-corrected chi connectivity index (χ2v) is 10.1. The summed E-state index contributed by atoms with van der Waals surface area (Å²) in [5.41, 5.74) is 5.68. The standard InChI is InChI=1S/C24H31N3/c1-23(2,3)20-15-16-11-7-8-12-17(16)21-22(19-14-10-9-13-18(19)20)27(26-25-21)24(4,5)6/h7-14,20-22H,15H2,1-6H3. The van der Waals surface area contributed by atoms with Crippen molar-refractivity contribution in [3.63, 3.8) is 0 Å². The molecule has 0 saturated carbocycles. The van der Waals surface area contributed by atoms with Gasteiger partial charge in [-0.2, -0.15) is 5.11 Å². The highest BCUT2D eigenvalue weighted by atomic mass is 15.6. The lowest BCUT2D eigenvalue weighted by molar-refractivity contribution is 0.0953. The van der Waals surface area contributed by atoms with Gasteiger partial charge < -0.3 is 0 Å². The molecule has 2 aliphatic rings. The van der Waals surface area contributed by atoms with Gasteiger partial charge in [0.15, 0.2) is 0 Å². The second-order valence-electron chi connectivity index (χ2n) is 10.1. The Morgan fingerprint density at radius 2 is 1.41 bits per heavy atom. The van der Waals surface area contributed by atoms with Gasteiger partial charge in [-0.25, -0.2) is 0 Å². The van der Waals surface area contributed by atoms with E-state index in [4.69, 9.17) is 5.11 Å². The van der Waals surface area contributed by atoms with Crippen LogP contribution >= 0.6 is 0 Å². The molecule has 27 heavy (non-hydrogen) atoms. The first-order chi connectivity index (χ1) is 12.7. The average Bonchev–Trinajstić information content (AvgIpc) is 3.02. The Hall–Kier alpha value is -2.16. The van der Waals surface area contributed by atoms with E-state index in [-0.39, 0.29) is 23.0 Å². The summed E-state index contributed by atoms with van der Waals surface area (Å²) in [6.45, 7) is 13.8. The summed E-state index contributed by atoms with van der Waals surface area (Å²) in [7, 11) is 0. The fourth-order valence-electron chi connectivity index (χ4n) is 4.66. The van der Waals surface area contributed by atoms with Crippen LogP contribution in [-0.2, 0) is 6.42 Å². The predicted octanol–water partition coefficient (Wildman–Crippen LogP) is 6.64. The van der Waals surface area contributed by atoms with Crippen molar-refractivity contribution in [3.05, 3.63) is 70.8 Å². The Balaban J connectivity index is 1.98. The van der Waals surface area contributed by atoms with E-state index in [1.807, 2.05) is 0 Å². The smallest absolute Gasteiger partial charge is 0.124 e. The van der Waals surface area contributed by atoms with Crippen molar-refractivity contribution in [2.45, 2.75) is 71.5 Å². The van der Waals surface area contributed by atoms with Crippen molar-refractivity contribution in [1.29, 1.82) is 0 Å². The van der Waals surface area contributed by atoms with Crippen LogP contribution in [0.25, 0.3) is 0 Å². The fourth-order valence-corrected chi connectivity index (χ4v) is 4.66. The third kappa shape index (κ3) is 3.07. The minimum atomic E-state index is -0.0819. The van der Waals surface area contributed by atoms with Crippen LogP contribution in [0, 0.1) is 5.41 Å². The van der Waals surface area contributed by atoms with Gasteiger partial charge in [0, 0.05) is 0 Å². The Kier molecular flexibility index (Phi) is 4.17. The molecule has 3 nitrogen and oxygen atoms in total. The zero-order chi connectivity index (χ0) is 19.4. The molecule has 4 rings (SSSR count). The number of hydrogen-bond acceptors (Lipinski definition) is 3. The van der Waals surface area contributed by atoms with Crippen LogP contribution in [0.3, 0.4) is 0 Å². The van der Waals surface area contributed by atoms with Crippen molar-refractivity contribution in [2.75, 3.05) is 0 Å². The maximum Gasteiger partial charge on any atom is 0.124 e. The number of hydrogen-bond donors (Lipinski definition) is 0. The largest absolute Gasteiger partial charge is 0.263 e. The van der Waals surface area contributed by atoms with Crippen molar-refractivity contribution in [1.82, 2.24) is 5.01 Å². The Morgan fingerprint density at radius 1 is 0.815 bits per heavy atom. The molecule has 0 aromatic heterocycles. The summed E-state index contributed by atoms with van der Waals surface area (Å²) in [6, 6.07) is 18.0. The van der Waals surface area contributed by atoms with E-state index in [1.54, 1.807) is 0 Å². The first-order valence-corrected chi connectivity index (χ1v) is 10.0. The lowest BCUT2D eigenvalue weighted by Gasteiger charge is -2.41. The Bertz CT molecular complexity index is 870. The van der Waals surface area contributed by atoms with Crippen molar-refractivity contribution >= 4 is 0 Å². The zero-order valence-electron chi connectivity index (χ0n) is 17.4. The monoisotopic (exact) mass is 361 g/mol. The second kappa shape index (κ2) is 6.19. The lowest BCUT2D eigenvalue weighted by atomic mass is 9.68. The number of rotatable bonds is 0. The molecule has 3 heteroatoms. The quantitative estimate of drug-likeness (QED) is 0.517. The maximum atomic E-state index is 4.79. The van der Waals surface area contributed by atoms with Crippen molar-refractivity contribution in [2.24, 2.45) is 15.8 Å². The van der Waals surface area contributed by atoms with Crippen LogP contribution < -0.4 is 0 Å². The molecule has 0 fully saturated rings. The van der Waals surface area contributed by atoms with E-state index in [0.717, 1.165) is 6.42 Å². The summed E-state index contributed by atoms with van der Waals surface area (Å²) in [4.78, 5) is 0. The van der Waals surface area contributed by atoms with Crippen LogP contribution in [0.15, 0.2) is 58.9 Å². The number of benzene rings is 2. The molecule has 3 unspecified atom stereocenters. The van der Waals surface area contributed by atoms with Gasteiger partial charge in [0.2, 0.25) is 0 Å². The summed E-state index contributed by atoms with van der Waals surface area (Å²) in [5, 5.41) is 11.7. The van der Waals surface area contributed by atoms with Crippen LogP contribution in [0.5, 0.6) is 0 Å². The molecule has 3 atom stereocenters. The molecule has 1 heterocycles. The first kappa shape index (κ1) is 18.2. The minimum absolute atomic E-state index is 0.0579. The van der Waals surface area contributed by atoms with E-state index in [0.29, 0.717) is 5.92 Å². The third-order valence-electron chi connectivity index (χ3n) is 6.06. The van der Waals surface area contributed by atoms with E-state index in [1.165, 1.54) is 22.3 Å². The topological polar surface area (TPSA) is 28.0 Å². The first-order valence-electron chi connectivity index (χ1n) is 10.0. The molecule has 1 aliphatic heterocycles. The normalized spacial score (nSPS) is 24.7. The molecule has 0 bridgehead atoms. The van der Waals surface area contributed by atoms with Gasteiger partial charge in [0.25, 0.3) is 0 Å². The van der Waals surface area contributed by atoms with E-state index < -0.39 is 0 Å². The van der Waals surface area contributed by atoms with Gasteiger partial charge in [-0.3, -0.25) is 5.01 Å². The summed E-state index contributed by atoms with van der Waals surface area (Å²) >= 11 is 0. The third-order valence-corrected chi connectivity index (χ3v) is 6.06. The maximum absolute atomic E-state index is 4.79. The molecule has 0 spiro atoms. The highest BCUT2D eigenvalue weighted by molar-refractivity contribution is 5.44. The molecular formula is C24H31N3. The summed E-state index contributed by atoms with van der Waals surface area (Å²) < 4.78 is 0. The van der Waals surface area contributed by atoms with Gasteiger partial charge in [-0.15, -0.1) is 0 Å². The number of nitrogens with zero attached hydrogens (tertiary/aromatic N) is 3. The lowest BCUT2D eigenvalue weighted by Crippen LogP contribution is -2.40. The summed E-state index contributed by atoms with van der Waals surface area (Å²) in [5.74, 6) is 0.457. The molecular weight excluding hydrogens is 330 g/mol. The van der Waals surface area contributed by atoms with Crippen LogP contribution in [0.1, 0.15) is 81.8 Å². The zero-order valence-corrected chi connectivity index (χ0v) is 17.4. The molecule has 2 aromatic carbocycles. The van der Waals surface area contributed by atoms with Gasteiger partial charge in [-0.05, 0) is 60.8 Å². The Labute approximate surface area is 163 Å². The SMILES string of the molecule is CC(C)(C)C1Cc2ccccc2C2N=NN(C(C)(C)C)C2c2ccccc21. The predicted molar refractivity (Wildman–Crippen MR) is 111 cm³/mol. The molecule has 0 amide bonds. The van der Waals surface area contributed by atoms with Crippen molar-refractivity contribution < 1.29 is 0 Å². The van der Waals surface area contributed by atoms with E-state index >= 15 is 0 Å². The number of fused-ring (bicyclic) bond motifs is 5. The minimum Gasteiger partial charge on any atom is -0.263 e. The van der Waals surface area contributed by atoms with Gasteiger partial charge >= 0.3 is 0 Å². The van der Waals surface area contributed by atoms with E-state index in [9.17, 15) is 0 Å². The summed E-state index contributed by atoms with van der Waals surface area (Å²) in [6.07, 6.45) is 1.05. The van der Waals surface area contributed by atoms with Crippen LogP contribution in [0.2, 0.25) is 0 Å². The average molecular weight is 362 g/mol. The van der Waals surface area contributed by atoms with Gasteiger partial charge in [-0.1, -0.05) is 74.5 Å². The van der Waals surface area contributed by atoms with E-state index in [2.05, 4.69) is 100 Å². The van der Waals surface area contributed by atoms with Crippen molar-refractivity contribution in [3.8, 4) is 0 Å².